The van der Waals surface area contributed by atoms with Crippen molar-refractivity contribution >= 4 is 17.8 Å². The third-order valence-electron chi connectivity index (χ3n) is 4.82. The molecule has 25 heavy (non-hydrogen) atoms. The maximum atomic E-state index is 6.27. The van der Waals surface area contributed by atoms with E-state index in [1.54, 1.807) is 4.90 Å². The minimum Gasteiger partial charge on any atom is -0.328 e. The zero-order valence-corrected chi connectivity index (χ0v) is 15.8. The van der Waals surface area contributed by atoms with Gasteiger partial charge < -0.3 is 4.90 Å². The lowest BCUT2D eigenvalue weighted by molar-refractivity contribution is -0.918. The minimum absolute atomic E-state index is 0.570. The molecule has 0 amide bonds. The van der Waals surface area contributed by atoms with E-state index in [4.69, 9.17) is 11.6 Å². The highest BCUT2D eigenvalue weighted by molar-refractivity contribution is 6.31. The maximum Gasteiger partial charge on any atom is 0.104 e. The van der Waals surface area contributed by atoms with Gasteiger partial charge in [-0.3, -0.25) is 5.01 Å². The fourth-order valence-corrected chi connectivity index (χ4v) is 3.33. The average Bonchev–Trinajstić information content (AvgIpc) is 2.63. The normalized spacial score (nSPS) is 16.1. The van der Waals surface area contributed by atoms with Crippen molar-refractivity contribution < 1.29 is 4.90 Å². The molecule has 1 heterocycles. The summed E-state index contributed by atoms with van der Waals surface area (Å²) < 4.78 is 0. The molecule has 2 aromatic carbocycles. The first-order valence-corrected chi connectivity index (χ1v) is 9.45. The third kappa shape index (κ3) is 5.07. The molecular formula is C21H27ClN3+. The van der Waals surface area contributed by atoms with Gasteiger partial charge in [-0.15, -0.1) is 0 Å². The molecule has 1 saturated heterocycles. The number of benzene rings is 2. The zero-order chi connectivity index (χ0) is 17.6. The van der Waals surface area contributed by atoms with Gasteiger partial charge in [-0.1, -0.05) is 67.9 Å². The molecule has 4 heteroatoms. The van der Waals surface area contributed by atoms with Crippen molar-refractivity contribution in [2.45, 2.75) is 26.3 Å². The molecule has 3 rings (SSSR count). The molecule has 3 nitrogen and oxygen atoms in total. The van der Waals surface area contributed by atoms with Crippen LogP contribution in [0, 0.1) is 0 Å². The summed E-state index contributed by atoms with van der Waals surface area (Å²) in [5.41, 5.74) is 3.77. The van der Waals surface area contributed by atoms with Crippen molar-refractivity contribution in [1.29, 1.82) is 0 Å². The molecule has 0 saturated carbocycles. The number of hydrogen-bond donors (Lipinski definition) is 1. The molecule has 1 fully saturated rings. The Morgan fingerprint density at radius 1 is 1.08 bits per heavy atom. The van der Waals surface area contributed by atoms with Gasteiger partial charge in [0.1, 0.15) is 6.54 Å². The minimum atomic E-state index is 0.570. The molecule has 132 valence electrons. The topological polar surface area (TPSA) is 20.0 Å². The molecule has 1 aliphatic rings. The molecule has 0 aromatic heterocycles. The van der Waals surface area contributed by atoms with Crippen LogP contribution in [0.5, 0.6) is 0 Å². The SMILES string of the molecule is CC(C)c1ccc(/C=N\N2CC[NH+](Cc3ccccc3Cl)CC2)cc1. The van der Waals surface area contributed by atoms with E-state index in [1.165, 1.54) is 11.1 Å². The number of halogens is 1. The van der Waals surface area contributed by atoms with Crippen molar-refractivity contribution in [2.24, 2.45) is 5.10 Å². The molecule has 0 aliphatic carbocycles. The highest BCUT2D eigenvalue weighted by atomic mass is 35.5. The first kappa shape index (κ1) is 18.0. The van der Waals surface area contributed by atoms with Gasteiger partial charge in [-0.05, 0) is 23.1 Å². The van der Waals surface area contributed by atoms with Gasteiger partial charge in [0.25, 0.3) is 0 Å². The molecule has 0 spiro atoms. The van der Waals surface area contributed by atoms with E-state index in [0.717, 1.165) is 43.3 Å². The lowest BCUT2D eigenvalue weighted by atomic mass is 10.0. The van der Waals surface area contributed by atoms with Crippen molar-refractivity contribution in [3.05, 3.63) is 70.2 Å². The van der Waals surface area contributed by atoms with Gasteiger partial charge >= 0.3 is 0 Å². The van der Waals surface area contributed by atoms with Crippen molar-refractivity contribution in [1.82, 2.24) is 5.01 Å². The Bertz CT molecular complexity index is 701. The molecule has 1 aliphatic heterocycles. The number of rotatable bonds is 5. The summed E-state index contributed by atoms with van der Waals surface area (Å²) in [7, 11) is 0. The van der Waals surface area contributed by atoms with E-state index < -0.39 is 0 Å². The van der Waals surface area contributed by atoms with Crippen LogP contribution in [0.1, 0.15) is 36.5 Å². The van der Waals surface area contributed by atoms with Crippen molar-refractivity contribution in [3.63, 3.8) is 0 Å². The van der Waals surface area contributed by atoms with E-state index in [0.29, 0.717) is 5.92 Å². The maximum absolute atomic E-state index is 6.27. The highest BCUT2D eigenvalue weighted by Crippen LogP contribution is 2.14. The van der Waals surface area contributed by atoms with E-state index in [1.807, 2.05) is 18.3 Å². The predicted octanol–water partition coefficient (Wildman–Crippen LogP) is 3.20. The Kier molecular flexibility index (Phi) is 6.11. The van der Waals surface area contributed by atoms with E-state index in [2.05, 4.69) is 60.4 Å². The number of piperazine rings is 1. The number of nitrogens with one attached hydrogen (secondary N) is 1. The van der Waals surface area contributed by atoms with Crippen molar-refractivity contribution in [2.75, 3.05) is 26.2 Å². The molecule has 2 aromatic rings. The van der Waals surface area contributed by atoms with Gasteiger partial charge in [0.15, 0.2) is 0 Å². The van der Waals surface area contributed by atoms with Gasteiger partial charge in [0.2, 0.25) is 0 Å². The van der Waals surface area contributed by atoms with E-state index in [9.17, 15) is 0 Å². The molecule has 0 radical (unpaired) electrons. The van der Waals surface area contributed by atoms with Crippen LogP contribution in [-0.4, -0.2) is 37.4 Å². The quantitative estimate of drug-likeness (QED) is 0.816. The molecular weight excluding hydrogens is 330 g/mol. The lowest BCUT2D eigenvalue weighted by Crippen LogP contribution is -3.13. The fourth-order valence-electron chi connectivity index (χ4n) is 3.13. The summed E-state index contributed by atoms with van der Waals surface area (Å²) in [6.07, 6.45) is 1.98. The monoisotopic (exact) mass is 356 g/mol. The van der Waals surface area contributed by atoms with Gasteiger partial charge in [-0.2, -0.15) is 5.10 Å². The van der Waals surface area contributed by atoms with Crippen LogP contribution in [0.15, 0.2) is 53.6 Å². The highest BCUT2D eigenvalue weighted by Gasteiger charge is 2.19. The Morgan fingerprint density at radius 3 is 2.40 bits per heavy atom. The summed E-state index contributed by atoms with van der Waals surface area (Å²) in [6, 6.07) is 16.8. The Balaban J connectivity index is 1.49. The van der Waals surface area contributed by atoms with E-state index in [-0.39, 0.29) is 0 Å². The summed E-state index contributed by atoms with van der Waals surface area (Å²) in [5.74, 6) is 0.570. The molecule has 0 bridgehead atoms. The van der Waals surface area contributed by atoms with Gasteiger partial charge in [0, 0.05) is 10.6 Å². The second kappa shape index (κ2) is 8.50. The first-order chi connectivity index (χ1) is 12.1. The van der Waals surface area contributed by atoms with Crippen LogP contribution < -0.4 is 4.90 Å². The molecule has 0 atom stereocenters. The van der Waals surface area contributed by atoms with Crippen molar-refractivity contribution in [3.8, 4) is 0 Å². The second-order valence-electron chi connectivity index (χ2n) is 7.04. The largest absolute Gasteiger partial charge is 0.328 e. The summed E-state index contributed by atoms with van der Waals surface area (Å²) in [6.45, 7) is 9.58. The standard InChI is InChI=1S/C21H26ClN3/c1-17(2)19-9-7-18(8-10-19)15-23-25-13-11-24(12-14-25)16-20-5-3-4-6-21(20)22/h3-10,15,17H,11-14,16H2,1-2H3/p+1/b23-15-. The van der Waals surface area contributed by atoms with Crippen LogP contribution in [-0.2, 0) is 6.54 Å². The van der Waals surface area contributed by atoms with Crippen LogP contribution >= 0.6 is 11.6 Å². The fraction of sp³-hybridized carbons (Fsp3) is 0.381. The summed E-state index contributed by atoms with van der Waals surface area (Å²) >= 11 is 6.27. The first-order valence-electron chi connectivity index (χ1n) is 9.07. The van der Waals surface area contributed by atoms with Gasteiger partial charge in [-0.25, -0.2) is 0 Å². The smallest absolute Gasteiger partial charge is 0.104 e. The summed E-state index contributed by atoms with van der Waals surface area (Å²) in [5, 5.41) is 7.70. The number of hydrazone groups is 1. The third-order valence-corrected chi connectivity index (χ3v) is 5.19. The zero-order valence-electron chi connectivity index (χ0n) is 15.1. The van der Waals surface area contributed by atoms with E-state index >= 15 is 0 Å². The second-order valence-corrected chi connectivity index (χ2v) is 7.44. The molecule has 1 N–H and O–H groups in total. The average molecular weight is 357 g/mol. The van der Waals surface area contributed by atoms with Gasteiger partial charge in [0.05, 0.1) is 32.4 Å². The number of hydrogen-bond acceptors (Lipinski definition) is 2. The lowest BCUT2D eigenvalue weighted by Gasteiger charge is -2.30. The molecule has 0 unspecified atom stereocenters. The Labute approximate surface area is 155 Å². The van der Waals surface area contributed by atoms with Crippen LogP contribution in [0.2, 0.25) is 5.02 Å². The predicted molar refractivity (Wildman–Crippen MR) is 106 cm³/mol. The van der Waals surface area contributed by atoms with Crippen LogP contribution in [0.25, 0.3) is 0 Å². The Hall–Kier alpha value is -1.84. The summed E-state index contributed by atoms with van der Waals surface area (Å²) in [4.78, 5) is 1.57. The number of nitrogens with zero attached hydrogens (tertiary/aromatic N) is 2. The Morgan fingerprint density at radius 2 is 1.76 bits per heavy atom. The van der Waals surface area contributed by atoms with Crippen LogP contribution in [0.4, 0.5) is 0 Å². The number of quaternary nitrogens is 1. The van der Waals surface area contributed by atoms with Crippen LogP contribution in [0.3, 0.4) is 0 Å².